The summed E-state index contributed by atoms with van der Waals surface area (Å²) in [5, 5.41) is 2.12. The minimum Gasteiger partial charge on any atom is -0.437 e. The van der Waals surface area contributed by atoms with E-state index in [4.69, 9.17) is 42.6 Å². The topological polar surface area (TPSA) is 47.5 Å². The molecule has 1 fully saturated rings. The summed E-state index contributed by atoms with van der Waals surface area (Å²) in [6.45, 7) is 3.95. The molecule has 5 rings (SSSR count). The molecule has 0 unspecified atom stereocenters. The SMILES string of the molecule is Clc1ccc(Cl)c(Oc2nc(CN3CCOCC3)nc3sc4c(c23)CCC4)c1. The van der Waals surface area contributed by atoms with Crippen LogP contribution in [0.4, 0.5) is 0 Å². The summed E-state index contributed by atoms with van der Waals surface area (Å²) < 4.78 is 11.7. The molecule has 0 saturated carbocycles. The molecule has 2 aliphatic rings. The van der Waals surface area contributed by atoms with Crippen LogP contribution in [0, 0.1) is 0 Å². The zero-order valence-electron chi connectivity index (χ0n) is 15.2. The van der Waals surface area contributed by atoms with Crippen molar-refractivity contribution in [3.05, 3.63) is 44.5 Å². The Balaban J connectivity index is 1.57. The number of nitrogens with zero attached hydrogens (tertiary/aromatic N) is 3. The van der Waals surface area contributed by atoms with E-state index in [9.17, 15) is 0 Å². The number of aromatic nitrogens is 2. The Morgan fingerprint density at radius 3 is 2.86 bits per heavy atom. The lowest BCUT2D eigenvalue weighted by Gasteiger charge is -2.25. The van der Waals surface area contributed by atoms with Gasteiger partial charge in [-0.05, 0) is 37.0 Å². The molecule has 5 nitrogen and oxygen atoms in total. The third-order valence-electron chi connectivity index (χ3n) is 5.15. The average Bonchev–Trinajstić information content (AvgIpc) is 3.26. The van der Waals surface area contributed by atoms with E-state index in [2.05, 4.69) is 4.90 Å². The number of ether oxygens (including phenoxy) is 2. The van der Waals surface area contributed by atoms with Crippen LogP contribution in [-0.4, -0.2) is 41.2 Å². The zero-order chi connectivity index (χ0) is 19.1. The van der Waals surface area contributed by atoms with Gasteiger partial charge in [-0.1, -0.05) is 23.2 Å². The Labute approximate surface area is 177 Å². The molecule has 0 amide bonds. The maximum absolute atomic E-state index is 6.34. The number of rotatable bonds is 4. The number of hydrogen-bond acceptors (Lipinski definition) is 6. The molecule has 28 heavy (non-hydrogen) atoms. The van der Waals surface area contributed by atoms with E-state index in [1.807, 2.05) is 0 Å². The molecular formula is C20H19Cl2N3O2S. The zero-order valence-corrected chi connectivity index (χ0v) is 17.5. The van der Waals surface area contributed by atoms with Gasteiger partial charge in [-0.2, -0.15) is 4.98 Å². The van der Waals surface area contributed by atoms with Gasteiger partial charge < -0.3 is 9.47 Å². The second-order valence-corrected chi connectivity index (χ2v) is 8.98. The summed E-state index contributed by atoms with van der Waals surface area (Å²) >= 11 is 14.2. The minimum atomic E-state index is 0.512. The maximum Gasteiger partial charge on any atom is 0.231 e. The molecule has 0 bridgehead atoms. The van der Waals surface area contributed by atoms with Gasteiger partial charge in [-0.3, -0.25) is 4.90 Å². The van der Waals surface area contributed by atoms with E-state index in [0.29, 0.717) is 28.2 Å². The van der Waals surface area contributed by atoms with Crippen LogP contribution in [0.5, 0.6) is 11.6 Å². The first-order chi connectivity index (χ1) is 13.7. The van der Waals surface area contributed by atoms with E-state index < -0.39 is 0 Å². The molecule has 1 saturated heterocycles. The van der Waals surface area contributed by atoms with Crippen molar-refractivity contribution in [2.45, 2.75) is 25.8 Å². The Morgan fingerprint density at radius 1 is 1.14 bits per heavy atom. The third kappa shape index (κ3) is 3.60. The van der Waals surface area contributed by atoms with Crippen LogP contribution in [0.25, 0.3) is 10.2 Å². The molecule has 1 aliphatic carbocycles. The van der Waals surface area contributed by atoms with Gasteiger partial charge in [0.1, 0.15) is 16.4 Å². The van der Waals surface area contributed by atoms with E-state index in [1.165, 1.54) is 16.9 Å². The molecule has 1 aliphatic heterocycles. The van der Waals surface area contributed by atoms with Crippen molar-refractivity contribution >= 4 is 44.8 Å². The Hall–Kier alpha value is -1.44. The van der Waals surface area contributed by atoms with Gasteiger partial charge in [0, 0.05) is 29.1 Å². The highest BCUT2D eigenvalue weighted by Crippen LogP contribution is 2.42. The van der Waals surface area contributed by atoms with Crippen molar-refractivity contribution in [1.82, 2.24) is 14.9 Å². The second kappa shape index (κ2) is 7.76. The summed E-state index contributed by atoms with van der Waals surface area (Å²) in [5.74, 6) is 1.86. The molecule has 0 N–H and O–H groups in total. The molecule has 0 radical (unpaired) electrons. The van der Waals surface area contributed by atoms with Crippen molar-refractivity contribution in [3.8, 4) is 11.6 Å². The fraction of sp³-hybridized carbons (Fsp3) is 0.400. The quantitative estimate of drug-likeness (QED) is 0.569. The third-order valence-corrected chi connectivity index (χ3v) is 6.88. The number of aryl methyl sites for hydroxylation is 2. The molecule has 3 aromatic rings. The predicted octanol–water partition coefficient (Wildman–Crippen LogP) is 5.11. The van der Waals surface area contributed by atoms with Crippen molar-refractivity contribution < 1.29 is 9.47 Å². The molecule has 0 spiro atoms. The second-order valence-electron chi connectivity index (χ2n) is 7.05. The average molecular weight is 436 g/mol. The fourth-order valence-electron chi connectivity index (χ4n) is 3.77. The summed E-state index contributed by atoms with van der Waals surface area (Å²) in [4.78, 5) is 14.4. The molecule has 146 valence electrons. The fourth-order valence-corrected chi connectivity index (χ4v) is 5.36. The normalized spacial score (nSPS) is 17.2. The van der Waals surface area contributed by atoms with Crippen molar-refractivity contribution in [1.29, 1.82) is 0 Å². The number of hydrogen-bond donors (Lipinski definition) is 0. The van der Waals surface area contributed by atoms with Crippen LogP contribution in [0.3, 0.4) is 0 Å². The van der Waals surface area contributed by atoms with Crippen molar-refractivity contribution in [2.24, 2.45) is 0 Å². The Kier molecular flexibility index (Phi) is 5.15. The first kappa shape index (κ1) is 18.6. The minimum absolute atomic E-state index is 0.512. The van der Waals surface area contributed by atoms with Gasteiger partial charge in [0.05, 0.1) is 30.2 Å². The molecule has 0 atom stereocenters. The van der Waals surface area contributed by atoms with E-state index in [1.54, 1.807) is 29.5 Å². The number of benzene rings is 1. The first-order valence-corrected chi connectivity index (χ1v) is 11.0. The lowest BCUT2D eigenvalue weighted by Crippen LogP contribution is -2.36. The Morgan fingerprint density at radius 2 is 2.00 bits per heavy atom. The van der Waals surface area contributed by atoms with Crippen LogP contribution < -0.4 is 4.74 Å². The van der Waals surface area contributed by atoms with Crippen LogP contribution >= 0.6 is 34.5 Å². The highest BCUT2D eigenvalue weighted by Gasteiger charge is 2.24. The van der Waals surface area contributed by atoms with Gasteiger partial charge in [0.25, 0.3) is 0 Å². The number of thiophene rings is 1. The van der Waals surface area contributed by atoms with Crippen molar-refractivity contribution in [3.63, 3.8) is 0 Å². The molecule has 1 aromatic carbocycles. The van der Waals surface area contributed by atoms with Crippen LogP contribution in [0.2, 0.25) is 10.0 Å². The number of halogens is 2. The van der Waals surface area contributed by atoms with E-state index >= 15 is 0 Å². The largest absolute Gasteiger partial charge is 0.437 e. The van der Waals surface area contributed by atoms with Gasteiger partial charge in [0.15, 0.2) is 0 Å². The summed E-state index contributed by atoms with van der Waals surface area (Å²) in [7, 11) is 0. The predicted molar refractivity (Wildman–Crippen MR) is 112 cm³/mol. The van der Waals surface area contributed by atoms with Gasteiger partial charge in [-0.15, -0.1) is 11.3 Å². The summed E-state index contributed by atoms with van der Waals surface area (Å²) in [5.41, 5.74) is 1.33. The van der Waals surface area contributed by atoms with Crippen molar-refractivity contribution in [2.75, 3.05) is 26.3 Å². The molecular weight excluding hydrogens is 417 g/mol. The van der Waals surface area contributed by atoms with Crippen LogP contribution in [0.1, 0.15) is 22.7 Å². The van der Waals surface area contributed by atoms with Gasteiger partial charge in [0.2, 0.25) is 5.88 Å². The van der Waals surface area contributed by atoms with E-state index in [0.717, 1.165) is 55.2 Å². The number of morpholine rings is 1. The Bertz CT molecular complexity index is 1030. The first-order valence-electron chi connectivity index (χ1n) is 9.41. The molecule has 2 aromatic heterocycles. The smallest absolute Gasteiger partial charge is 0.231 e. The monoisotopic (exact) mass is 435 g/mol. The highest BCUT2D eigenvalue weighted by atomic mass is 35.5. The summed E-state index contributed by atoms with van der Waals surface area (Å²) in [6.07, 6.45) is 3.32. The van der Waals surface area contributed by atoms with Crippen LogP contribution in [-0.2, 0) is 24.1 Å². The maximum atomic E-state index is 6.34. The lowest BCUT2D eigenvalue weighted by atomic mass is 10.2. The molecule has 3 heterocycles. The highest BCUT2D eigenvalue weighted by molar-refractivity contribution is 7.19. The standard InChI is InChI=1S/C20H19Cl2N3O2S/c21-12-4-5-14(22)15(10-12)27-19-18-13-2-1-3-16(13)28-20(18)24-17(23-19)11-25-6-8-26-9-7-25/h4-5,10H,1-3,6-9,11H2. The van der Waals surface area contributed by atoms with Gasteiger partial charge >= 0.3 is 0 Å². The van der Waals surface area contributed by atoms with Gasteiger partial charge in [-0.25, -0.2) is 4.98 Å². The van der Waals surface area contributed by atoms with E-state index in [-0.39, 0.29) is 0 Å². The lowest BCUT2D eigenvalue weighted by molar-refractivity contribution is 0.0330. The number of fused-ring (bicyclic) bond motifs is 3. The summed E-state index contributed by atoms with van der Waals surface area (Å²) in [6, 6.07) is 5.22. The molecule has 8 heteroatoms. The van der Waals surface area contributed by atoms with Crippen LogP contribution in [0.15, 0.2) is 18.2 Å².